The molecule has 2 atom stereocenters. The summed E-state index contributed by atoms with van der Waals surface area (Å²) in [5.74, 6) is 1.51. The SMILES string of the molecule is CCOC(=O)C(CC#C[Si](C)(C)C)NC(=O)CC1CCCN(c2ccc(C(=N)N)cc2)C1=O. The van der Waals surface area contributed by atoms with Crippen LogP contribution in [0.3, 0.4) is 0 Å². The van der Waals surface area contributed by atoms with Gasteiger partial charge in [0.25, 0.3) is 0 Å². The molecule has 1 heterocycles. The molecule has 33 heavy (non-hydrogen) atoms. The molecule has 0 radical (unpaired) electrons. The lowest BCUT2D eigenvalue weighted by molar-refractivity contribution is -0.147. The van der Waals surface area contributed by atoms with Crippen LogP contribution in [-0.4, -0.2) is 50.9 Å². The first-order valence-electron chi connectivity index (χ1n) is 11.2. The van der Waals surface area contributed by atoms with Crippen molar-refractivity contribution in [1.82, 2.24) is 5.32 Å². The van der Waals surface area contributed by atoms with E-state index in [0.29, 0.717) is 24.2 Å². The van der Waals surface area contributed by atoms with Gasteiger partial charge >= 0.3 is 5.97 Å². The molecule has 1 aliphatic heterocycles. The van der Waals surface area contributed by atoms with Crippen LogP contribution in [0.2, 0.25) is 19.6 Å². The third-order valence-corrected chi connectivity index (χ3v) is 6.07. The maximum absolute atomic E-state index is 13.1. The number of amidine groups is 1. The summed E-state index contributed by atoms with van der Waals surface area (Å²) in [6, 6.07) is 6.06. The zero-order chi connectivity index (χ0) is 24.6. The van der Waals surface area contributed by atoms with Gasteiger partial charge in [-0.15, -0.1) is 11.5 Å². The van der Waals surface area contributed by atoms with E-state index in [2.05, 4.69) is 36.4 Å². The zero-order valence-electron chi connectivity index (χ0n) is 19.9. The summed E-state index contributed by atoms with van der Waals surface area (Å²) in [5.41, 5.74) is 9.98. The smallest absolute Gasteiger partial charge is 0.329 e. The third kappa shape index (κ3) is 8.06. The number of hydrogen-bond donors (Lipinski definition) is 3. The minimum Gasteiger partial charge on any atom is -0.464 e. The number of nitrogen functional groups attached to an aromatic ring is 1. The Hall–Kier alpha value is -3.12. The summed E-state index contributed by atoms with van der Waals surface area (Å²) < 4.78 is 5.09. The predicted molar refractivity (Wildman–Crippen MR) is 131 cm³/mol. The van der Waals surface area contributed by atoms with Crippen LogP contribution in [0, 0.1) is 22.8 Å². The Bertz CT molecular complexity index is 944. The molecule has 8 nitrogen and oxygen atoms in total. The van der Waals surface area contributed by atoms with Gasteiger partial charge in [-0.2, -0.15) is 0 Å². The monoisotopic (exact) mass is 470 g/mol. The van der Waals surface area contributed by atoms with Gasteiger partial charge in [0.05, 0.1) is 6.61 Å². The van der Waals surface area contributed by atoms with Gasteiger partial charge in [-0.25, -0.2) is 4.79 Å². The fourth-order valence-corrected chi connectivity index (χ4v) is 4.18. The predicted octanol–water partition coefficient (Wildman–Crippen LogP) is 2.42. The van der Waals surface area contributed by atoms with Crippen molar-refractivity contribution in [3.8, 4) is 11.5 Å². The molecule has 2 unspecified atom stereocenters. The molecular formula is C24H34N4O4Si. The average Bonchev–Trinajstić information content (AvgIpc) is 2.74. The number of esters is 1. The first kappa shape index (κ1) is 26.1. The van der Waals surface area contributed by atoms with E-state index >= 15 is 0 Å². The van der Waals surface area contributed by atoms with Crippen molar-refractivity contribution in [3.63, 3.8) is 0 Å². The molecule has 1 saturated heterocycles. The lowest BCUT2D eigenvalue weighted by Gasteiger charge is -2.32. The number of amides is 2. The number of nitrogens with one attached hydrogen (secondary N) is 2. The van der Waals surface area contributed by atoms with Crippen molar-refractivity contribution >= 4 is 37.4 Å². The van der Waals surface area contributed by atoms with Gasteiger partial charge in [0, 0.05) is 36.6 Å². The number of benzene rings is 1. The Kier molecular flexibility index (Phi) is 9.23. The van der Waals surface area contributed by atoms with E-state index in [9.17, 15) is 14.4 Å². The van der Waals surface area contributed by atoms with Crippen LogP contribution < -0.4 is 16.0 Å². The van der Waals surface area contributed by atoms with Crippen molar-refractivity contribution in [3.05, 3.63) is 29.8 Å². The van der Waals surface area contributed by atoms with E-state index < -0.39 is 26.0 Å². The molecule has 1 aromatic carbocycles. The van der Waals surface area contributed by atoms with Crippen LogP contribution in [0.25, 0.3) is 0 Å². The normalized spacial score (nSPS) is 16.9. The van der Waals surface area contributed by atoms with Gasteiger partial charge < -0.3 is 20.7 Å². The second kappa shape index (κ2) is 11.7. The second-order valence-electron chi connectivity index (χ2n) is 9.12. The van der Waals surface area contributed by atoms with E-state index in [1.54, 1.807) is 36.1 Å². The molecule has 0 aromatic heterocycles. The van der Waals surface area contributed by atoms with E-state index in [4.69, 9.17) is 15.9 Å². The molecule has 2 rings (SSSR count). The van der Waals surface area contributed by atoms with Crippen LogP contribution in [-0.2, 0) is 19.1 Å². The van der Waals surface area contributed by atoms with Crippen LogP contribution in [0.5, 0.6) is 0 Å². The number of piperidine rings is 1. The number of ether oxygens (including phenoxy) is 1. The summed E-state index contributed by atoms with van der Waals surface area (Å²) in [5, 5.41) is 10.2. The van der Waals surface area contributed by atoms with Gasteiger partial charge in [-0.05, 0) is 44.0 Å². The Morgan fingerprint density at radius 1 is 1.30 bits per heavy atom. The fraction of sp³-hybridized carbons (Fsp3) is 0.500. The highest BCUT2D eigenvalue weighted by molar-refractivity contribution is 6.83. The van der Waals surface area contributed by atoms with Crippen LogP contribution in [0.1, 0.15) is 38.2 Å². The molecule has 178 valence electrons. The summed E-state index contributed by atoms with van der Waals surface area (Å²) in [6.07, 6.45) is 1.55. The van der Waals surface area contributed by atoms with E-state index in [1.807, 2.05) is 0 Å². The quantitative estimate of drug-likeness (QED) is 0.177. The minimum atomic E-state index is -1.61. The third-order valence-electron chi connectivity index (χ3n) is 5.15. The number of anilines is 1. The highest BCUT2D eigenvalue weighted by Crippen LogP contribution is 2.26. The minimum absolute atomic E-state index is 0.00177. The van der Waals surface area contributed by atoms with Gasteiger partial charge in [0.2, 0.25) is 11.8 Å². The Balaban J connectivity index is 2.05. The molecular weight excluding hydrogens is 436 g/mol. The Labute approximate surface area is 196 Å². The average molecular weight is 471 g/mol. The standard InChI is InChI=1S/C24H34N4O4Si/c1-5-32-24(31)20(9-7-15-33(2,3)4)27-21(29)16-18-8-6-14-28(23(18)30)19-12-10-17(11-13-19)22(25)26/h10-13,18,20H,5-6,8-9,14,16H2,1-4H3,(H3,25,26)(H,27,29). The van der Waals surface area contributed by atoms with Crippen molar-refractivity contribution in [2.24, 2.45) is 11.7 Å². The molecule has 0 bridgehead atoms. The molecule has 1 fully saturated rings. The van der Waals surface area contributed by atoms with Gasteiger partial charge in [-0.1, -0.05) is 19.6 Å². The summed E-state index contributed by atoms with van der Waals surface area (Å²) in [4.78, 5) is 39.8. The molecule has 1 aliphatic rings. The molecule has 0 aliphatic carbocycles. The molecule has 0 spiro atoms. The highest BCUT2D eigenvalue weighted by Gasteiger charge is 2.32. The maximum Gasteiger partial charge on any atom is 0.329 e. The molecule has 2 amide bonds. The lowest BCUT2D eigenvalue weighted by atomic mass is 9.92. The van der Waals surface area contributed by atoms with Gasteiger partial charge in [0.15, 0.2) is 0 Å². The summed E-state index contributed by atoms with van der Waals surface area (Å²) in [7, 11) is -1.61. The summed E-state index contributed by atoms with van der Waals surface area (Å²) >= 11 is 0. The number of carbonyl (C=O) groups excluding carboxylic acids is 3. The lowest BCUT2D eigenvalue weighted by Crippen LogP contribution is -2.46. The number of rotatable bonds is 8. The summed E-state index contributed by atoms with van der Waals surface area (Å²) in [6.45, 7) is 8.80. The first-order chi connectivity index (χ1) is 15.5. The maximum atomic E-state index is 13.1. The zero-order valence-corrected chi connectivity index (χ0v) is 20.9. The molecule has 4 N–H and O–H groups in total. The number of carbonyl (C=O) groups is 3. The Morgan fingerprint density at radius 2 is 1.97 bits per heavy atom. The van der Waals surface area contributed by atoms with Crippen molar-refractivity contribution in [2.45, 2.75) is 58.3 Å². The number of nitrogens with zero attached hydrogens (tertiary/aromatic N) is 1. The van der Waals surface area contributed by atoms with Gasteiger partial charge in [-0.3, -0.25) is 15.0 Å². The van der Waals surface area contributed by atoms with Crippen LogP contribution in [0.4, 0.5) is 5.69 Å². The van der Waals surface area contributed by atoms with E-state index in [0.717, 1.165) is 6.42 Å². The van der Waals surface area contributed by atoms with Crippen molar-refractivity contribution in [1.29, 1.82) is 5.41 Å². The van der Waals surface area contributed by atoms with E-state index in [-0.39, 0.29) is 37.1 Å². The van der Waals surface area contributed by atoms with E-state index in [1.165, 1.54) is 0 Å². The Morgan fingerprint density at radius 3 is 2.55 bits per heavy atom. The first-order valence-corrected chi connectivity index (χ1v) is 14.7. The van der Waals surface area contributed by atoms with Gasteiger partial charge in [0.1, 0.15) is 20.0 Å². The number of nitrogens with two attached hydrogens (primary N) is 1. The number of hydrogen-bond acceptors (Lipinski definition) is 5. The topological polar surface area (TPSA) is 126 Å². The highest BCUT2D eigenvalue weighted by atomic mass is 28.3. The van der Waals surface area contributed by atoms with Crippen molar-refractivity contribution in [2.75, 3.05) is 18.1 Å². The molecule has 1 aromatic rings. The largest absolute Gasteiger partial charge is 0.464 e. The van der Waals surface area contributed by atoms with Crippen molar-refractivity contribution < 1.29 is 19.1 Å². The molecule has 0 saturated carbocycles. The fourth-order valence-electron chi connectivity index (χ4n) is 3.55. The molecule has 9 heteroatoms. The second-order valence-corrected chi connectivity index (χ2v) is 13.9. The van der Waals surface area contributed by atoms with Crippen LogP contribution in [0.15, 0.2) is 24.3 Å². The van der Waals surface area contributed by atoms with Crippen LogP contribution >= 0.6 is 0 Å².